The highest BCUT2D eigenvalue weighted by atomic mass is 16.5. The van der Waals surface area contributed by atoms with Gasteiger partial charge in [0.25, 0.3) is 5.91 Å². The number of rotatable bonds is 7. The van der Waals surface area contributed by atoms with Crippen LogP contribution in [-0.2, 0) is 25.5 Å². The van der Waals surface area contributed by atoms with Crippen molar-refractivity contribution < 1.29 is 19.1 Å². The first kappa shape index (κ1) is 21.0. The van der Waals surface area contributed by atoms with Crippen LogP contribution >= 0.6 is 0 Å². The third-order valence-electron chi connectivity index (χ3n) is 4.62. The van der Waals surface area contributed by atoms with E-state index >= 15 is 0 Å². The molecule has 2 N–H and O–H groups in total. The fourth-order valence-corrected chi connectivity index (χ4v) is 3.11. The Bertz CT molecular complexity index is 1070. The summed E-state index contributed by atoms with van der Waals surface area (Å²) < 4.78 is 5.12. The quantitative estimate of drug-likeness (QED) is 0.592. The van der Waals surface area contributed by atoms with Crippen LogP contribution in [0.5, 0.6) is 0 Å². The molecule has 0 saturated heterocycles. The largest absolute Gasteiger partial charge is 0.451 e. The number of ether oxygens (including phenoxy) is 1. The standard InChI is InChI=1S/C24H24N2O4/c1-16-7-5-11-20(13-16)26-24(29)17(2)30-23(28)15-25-22(27)14-19-10-6-9-18-8-3-4-12-21(18)19/h3-13,17H,14-15H2,1-2H3,(H,25,27)(H,26,29)/t17-/m0/s1. The summed E-state index contributed by atoms with van der Waals surface area (Å²) in [5.41, 5.74) is 2.52. The van der Waals surface area contributed by atoms with Gasteiger partial charge < -0.3 is 15.4 Å². The molecule has 3 aromatic rings. The second kappa shape index (κ2) is 9.69. The van der Waals surface area contributed by atoms with Gasteiger partial charge in [-0.1, -0.05) is 54.6 Å². The Morgan fingerprint density at radius 1 is 0.967 bits per heavy atom. The van der Waals surface area contributed by atoms with E-state index in [1.807, 2.05) is 67.6 Å². The van der Waals surface area contributed by atoms with Crippen LogP contribution in [0.3, 0.4) is 0 Å². The predicted octanol–water partition coefficient (Wildman–Crippen LogP) is 3.38. The average molecular weight is 404 g/mol. The molecule has 0 heterocycles. The molecule has 30 heavy (non-hydrogen) atoms. The van der Waals surface area contributed by atoms with E-state index in [4.69, 9.17) is 4.74 Å². The predicted molar refractivity (Wildman–Crippen MR) is 116 cm³/mol. The minimum Gasteiger partial charge on any atom is -0.451 e. The molecule has 0 aliphatic heterocycles. The monoisotopic (exact) mass is 404 g/mol. The fraction of sp³-hybridized carbons (Fsp3) is 0.208. The topological polar surface area (TPSA) is 84.5 Å². The van der Waals surface area contributed by atoms with E-state index in [9.17, 15) is 14.4 Å². The number of amides is 2. The van der Waals surface area contributed by atoms with Gasteiger partial charge in [-0.15, -0.1) is 0 Å². The number of hydrogen-bond donors (Lipinski definition) is 2. The summed E-state index contributed by atoms with van der Waals surface area (Å²) in [6.07, 6.45) is -0.828. The smallest absolute Gasteiger partial charge is 0.326 e. The highest BCUT2D eigenvalue weighted by molar-refractivity contribution is 5.95. The van der Waals surface area contributed by atoms with E-state index in [0.29, 0.717) is 5.69 Å². The zero-order valence-electron chi connectivity index (χ0n) is 17.0. The molecule has 0 saturated carbocycles. The highest BCUT2D eigenvalue weighted by Crippen LogP contribution is 2.18. The van der Waals surface area contributed by atoms with Gasteiger partial charge in [0, 0.05) is 5.69 Å². The maximum absolute atomic E-state index is 12.3. The first-order valence-corrected chi connectivity index (χ1v) is 9.73. The Morgan fingerprint density at radius 3 is 2.50 bits per heavy atom. The van der Waals surface area contributed by atoms with Crippen molar-refractivity contribution in [1.29, 1.82) is 0 Å². The van der Waals surface area contributed by atoms with Gasteiger partial charge >= 0.3 is 5.97 Å². The lowest BCUT2D eigenvalue weighted by Crippen LogP contribution is -2.36. The molecule has 3 rings (SSSR count). The molecule has 0 aromatic heterocycles. The van der Waals surface area contributed by atoms with Gasteiger partial charge in [-0.25, -0.2) is 0 Å². The number of nitrogens with one attached hydrogen (secondary N) is 2. The molecule has 0 fully saturated rings. The van der Waals surface area contributed by atoms with Gasteiger partial charge in [0.1, 0.15) is 6.54 Å². The third-order valence-corrected chi connectivity index (χ3v) is 4.62. The summed E-state index contributed by atoms with van der Waals surface area (Å²) in [7, 11) is 0. The second-order valence-electron chi connectivity index (χ2n) is 7.08. The van der Waals surface area contributed by atoms with E-state index in [1.54, 1.807) is 6.07 Å². The zero-order chi connectivity index (χ0) is 21.5. The van der Waals surface area contributed by atoms with Crippen molar-refractivity contribution in [3.8, 4) is 0 Å². The number of hydrogen-bond acceptors (Lipinski definition) is 4. The zero-order valence-corrected chi connectivity index (χ0v) is 17.0. The number of carbonyl (C=O) groups is 3. The van der Waals surface area contributed by atoms with Crippen LogP contribution in [0.4, 0.5) is 5.69 Å². The SMILES string of the molecule is Cc1cccc(NC(=O)[C@H](C)OC(=O)CNC(=O)Cc2cccc3ccccc23)c1. The van der Waals surface area contributed by atoms with E-state index in [-0.39, 0.29) is 18.9 Å². The number of carbonyl (C=O) groups excluding carboxylic acids is 3. The Balaban J connectivity index is 1.47. The molecule has 2 amide bonds. The van der Waals surface area contributed by atoms with E-state index < -0.39 is 18.0 Å². The number of aryl methyl sites for hydroxylation is 1. The van der Waals surface area contributed by atoms with Gasteiger partial charge in [-0.2, -0.15) is 0 Å². The summed E-state index contributed by atoms with van der Waals surface area (Å²) >= 11 is 0. The Labute approximate surface area is 175 Å². The van der Waals surface area contributed by atoms with E-state index in [2.05, 4.69) is 10.6 Å². The molecule has 1 atom stereocenters. The van der Waals surface area contributed by atoms with Crippen LogP contribution in [-0.4, -0.2) is 30.4 Å². The molecule has 154 valence electrons. The molecule has 0 bridgehead atoms. The lowest BCUT2D eigenvalue weighted by Gasteiger charge is -2.14. The summed E-state index contributed by atoms with van der Waals surface area (Å²) in [5, 5.41) is 7.30. The number of esters is 1. The van der Waals surface area contributed by atoms with Crippen molar-refractivity contribution in [3.05, 3.63) is 77.9 Å². The maximum Gasteiger partial charge on any atom is 0.326 e. The lowest BCUT2D eigenvalue weighted by molar-refractivity contribution is -0.152. The van der Waals surface area contributed by atoms with Crippen LogP contribution in [0, 0.1) is 6.92 Å². The Morgan fingerprint density at radius 2 is 1.70 bits per heavy atom. The Hall–Kier alpha value is -3.67. The summed E-state index contributed by atoms with van der Waals surface area (Å²) in [6.45, 7) is 3.10. The maximum atomic E-state index is 12.3. The average Bonchev–Trinajstić information content (AvgIpc) is 2.72. The van der Waals surface area contributed by atoms with Crippen LogP contribution in [0.2, 0.25) is 0 Å². The van der Waals surface area contributed by atoms with E-state index in [1.165, 1.54) is 6.92 Å². The number of fused-ring (bicyclic) bond motifs is 1. The van der Waals surface area contributed by atoms with Crippen molar-refractivity contribution in [2.75, 3.05) is 11.9 Å². The summed E-state index contributed by atoms with van der Waals surface area (Å²) in [4.78, 5) is 36.5. The molecule has 3 aromatic carbocycles. The van der Waals surface area contributed by atoms with Crippen molar-refractivity contribution in [1.82, 2.24) is 5.32 Å². The Kier molecular flexibility index (Phi) is 6.80. The fourth-order valence-electron chi connectivity index (χ4n) is 3.11. The second-order valence-corrected chi connectivity index (χ2v) is 7.08. The molecule has 0 spiro atoms. The summed E-state index contributed by atoms with van der Waals surface area (Å²) in [6, 6.07) is 20.9. The van der Waals surface area contributed by atoms with Crippen LogP contribution < -0.4 is 10.6 Å². The van der Waals surface area contributed by atoms with E-state index in [0.717, 1.165) is 21.9 Å². The molecule has 6 heteroatoms. The highest BCUT2D eigenvalue weighted by Gasteiger charge is 2.18. The first-order valence-electron chi connectivity index (χ1n) is 9.73. The summed E-state index contributed by atoms with van der Waals surface area (Å²) in [5.74, 6) is -1.40. The molecule has 6 nitrogen and oxygen atoms in total. The van der Waals surface area contributed by atoms with Crippen molar-refractivity contribution >= 4 is 34.2 Å². The van der Waals surface area contributed by atoms with Crippen LogP contribution in [0.25, 0.3) is 10.8 Å². The minimum atomic E-state index is -0.979. The van der Waals surface area contributed by atoms with Crippen molar-refractivity contribution in [2.45, 2.75) is 26.4 Å². The van der Waals surface area contributed by atoms with Crippen LogP contribution in [0.15, 0.2) is 66.7 Å². The molecular formula is C24H24N2O4. The minimum absolute atomic E-state index is 0.151. The lowest BCUT2D eigenvalue weighted by atomic mass is 10.0. The molecule has 0 radical (unpaired) electrons. The number of anilines is 1. The van der Waals surface area contributed by atoms with Crippen LogP contribution in [0.1, 0.15) is 18.1 Å². The van der Waals surface area contributed by atoms with Gasteiger partial charge in [0.05, 0.1) is 6.42 Å². The number of benzene rings is 3. The molecule has 0 aliphatic carbocycles. The molecule has 0 aliphatic rings. The van der Waals surface area contributed by atoms with Crippen molar-refractivity contribution in [2.24, 2.45) is 0 Å². The normalized spacial score (nSPS) is 11.5. The molecule has 0 unspecified atom stereocenters. The van der Waals surface area contributed by atoms with Gasteiger partial charge in [-0.05, 0) is 47.9 Å². The van der Waals surface area contributed by atoms with Gasteiger partial charge in [0.2, 0.25) is 5.91 Å². The van der Waals surface area contributed by atoms with Crippen molar-refractivity contribution in [3.63, 3.8) is 0 Å². The van der Waals surface area contributed by atoms with Gasteiger partial charge in [-0.3, -0.25) is 14.4 Å². The third kappa shape index (κ3) is 5.67. The first-order chi connectivity index (χ1) is 14.4. The molecular weight excluding hydrogens is 380 g/mol. The van der Waals surface area contributed by atoms with Gasteiger partial charge in [0.15, 0.2) is 6.10 Å².